The van der Waals surface area contributed by atoms with E-state index in [1.165, 1.54) is 22.6 Å². The van der Waals surface area contributed by atoms with Crippen LogP contribution in [0.1, 0.15) is 28.9 Å². The Labute approximate surface area is 186 Å². The average Bonchev–Trinajstić information content (AvgIpc) is 3.01. The number of nitrogens with one attached hydrogen (secondary N) is 4. The lowest BCUT2D eigenvalue weighted by Gasteiger charge is -2.40. The van der Waals surface area contributed by atoms with Crippen LogP contribution in [0.2, 0.25) is 0 Å². The zero-order valence-corrected chi connectivity index (χ0v) is 18.2. The van der Waals surface area contributed by atoms with E-state index in [0.29, 0.717) is 5.56 Å². The number of hydrogen-bond acceptors (Lipinski definition) is 6. The van der Waals surface area contributed by atoms with Gasteiger partial charge in [0.15, 0.2) is 5.84 Å². The van der Waals surface area contributed by atoms with Gasteiger partial charge in [-0.15, -0.1) is 0 Å². The third-order valence-corrected chi connectivity index (χ3v) is 5.93. The first kappa shape index (κ1) is 23.8. The van der Waals surface area contributed by atoms with Crippen molar-refractivity contribution in [2.75, 3.05) is 32.0 Å². The van der Waals surface area contributed by atoms with Crippen molar-refractivity contribution in [1.82, 2.24) is 20.1 Å². The maximum absolute atomic E-state index is 13.4. The molecule has 1 amide bonds. The molecule has 3 rings (SSSR count). The summed E-state index contributed by atoms with van der Waals surface area (Å²) in [5.74, 6) is -0.630. The number of anilines is 1. The number of alkyl halides is 3. The molecule has 0 aliphatic carbocycles. The molecule has 0 unspecified atom stereocenters. The summed E-state index contributed by atoms with van der Waals surface area (Å²) in [7, 11) is 1.53. The Kier molecular flexibility index (Phi) is 6.38. The third kappa shape index (κ3) is 4.37. The average molecular weight is 474 g/mol. The number of amidine groups is 1. The van der Waals surface area contributed by atoms with Crippen LogP contribution >= 0.6 is 11.6 Å². The molecule has 0 aromatic carbocycles. The molecule has 2 aliphatic heterocycles. The molecular weight excluding hydrogens is 451 g/mol. The van der Waals surface area contributed by atoms with E-state index in [1.807, 2.05) is 0 Å². The molecule has 174 valence electrons. The summed E-state index contributed by atoms with van der Waals surface area (Å²) in [6.07, 6.45) is -4.04. The summed E-state index contributed by atoms with van der Waals surface area (Å²) in [6, 6.07) is 1.48. The zero-order valence-electron chi connectivity index (χ0n) is 17.5. The van der Waals surface area contributed by atoms with Crippen molar-refractivity contribution in [3.63, 3.8) is 0 Å². The zero-order chi connectivity index (χ0) is 23.8. The minimum absolute atomic E-state index is 0.0675. The number of aryl methyl sites for hydroxylation is 1. The summed E-state index contributed by atoms with van der Waals surface area (Å²) in [5.41, 5.74) is -0.895. The Bertz CT molecular complexity index is 1060. The van der Waals surface area contributed by atoms with Gasteiger partial charge in [-0.2, -0.15) is 13.2 Å². The number of aromatic nitrogens is 1. The van der Waals surface area contributed by atoms with Gasteiger partial charge in [-0.1, -0.05) is 11.6 Å². The van der Waals surface area contributed by atoms with Crippen molar-refractivity contribution in [3.8, 4) is 0 Å². The van der Waals surface area contributed by atoms with E-state index in [2.05, 4.69) is 27.7 Å². The Hall–Kier alpha value is -2.86. The first-order chi connectivity index (χ1) is 14.9. The summed E-state index contributed by atoms with van der Waals surface area (Å²) in [4.78, 5) is 30.8. The van der Waals surface area contributed by atoms with E-state index in [-0.39, 0.29) is 54.0 Å². The van der Waals surface area contributed by atoms with Gasteiger partial charge in [0.1, 0.15) is 27.9 Å². The molecule has 9 nitrogen and oxygen atoms in total. The van der Waals surface area contributed by atoms with Crippen molar-refractivity contribution in [1.29, 1.82) is 5.41 Å². The van der Waals surface area contributed by atoms with Crippen molar-refractivity contribution < 1.29 is 18.0 Å². The molecule has 1 aromatic heterocycles. The lowest BCUT2D eigenvalue weighted by Crippen LogP contribution is -2.55. The number of amides is 1. The monoisotopic (exact) mass is 473 g/mol. The molecule has 2 aliphatic rings. The number of pyridine rings is 1. The minimum atomic E-state index is -4.32. The van der Waals surface area contributed by atoms with Crippen LogP contribution in [0.25, 0.3) is 0 Å². The Morgan fingerprint density at radius 3 is 2.53 bits per heavy atom. The summed E-state index contributed by atoms with van der Waals surface area (Å²) < 4.78 is 39.6. The molecule has 32 heavy (non-hydrogen) atoms. The van der Waals surface area contributed by atoms with Gasteiger partial charge in [-0.05, 0) is 25.3 Å². The molecule has 13 heteroatoms. The number of carbonyl (C=O) groups excluding carboxylic acids is 1. The van der Waals surface area contributed by atoms with Gasteiger partial charge in [0, 0.05) is 33.0 Å². The number of piperidine rings is 1. The number of aliphatic imine (C=N–C) groups is 1. The third-order valence-electron chi connectivity index (χ3n) is 5.56. The van der Waals surface area contributed by atoms with Crippen LogP contribution in [0.5, 0.6) is 0 Å². The number of halogens is 4. The Balaban J connectivity index is 2.00. The fraction of sp³-hybridized carbons (Fsp3) is 0.474. The van der Waals surface area contributed by atoms with Crippen LogP contribution in [0.3, 0.4) is 0 Å². The molecule has 0 atom stereocenters. The quantitative estimate of drug-likeness (QED) is 0.385. The molecule has 4 N–H and O–H groups in total. The van der Waals surface area contributed by atoms with Crippen molar-refractivity contribution in [2.24, 2.45) is 4.99 Å². The molecule has 0 bridgehead atoms. The van der Waals surface area contributed by atoms with Gasteiger partial charge < -0.3 is 16.0 Å². The lowest BCUT2D eigenvalue weighted by atomic mass is 9.96. The second-order valence-corrected chi connectivity index (χ2v) is 8.06. The summed E-state index contributed by atoms with van der Waals surface area (Å²) in [5, 5.41) is 16.0. The van der Waals surface area contributed by atoms with Gasteiger partial charge in [-0.3, -0.25) is 24.5 Å². The molecular formula is C19H23ClF3N7O2. The highest BCUT2D eigenvalue weighted by molar-refractivity contribution is 6.43. The normalized spacial score (nSPS) is 18.6. The van der Waals surface area contributed by atoms with E-state index in [1.54, 1.807) is 6.92 Å². The Morgan fingerprint density at radius 1 is 1.38 bits per heavy atom. The number of hydrogen-bond donors (Lipinski definition) is 4. The molecule has 1 aromatic rings. The van der Waals surface area contributed by atoms with Crippen LogP contribution < -0.4 is 21.5 Å². The standard InChI is InChI=1S/C19H23ClF3N7O2/c1-10-8-11(27-15(26-3)12(20)14(24)25-2)17(32)30-13(10)16(31)28-18(30)4-6-29(7-5-18)9-19(21,22)23/h8,24,26-27H,2,4-7,9H2,1,3H3,(H,28,31). The van der Waals surface area contributed by atoms with Crippen LogP contribution in [0.15, 0.2) is 26.7 Å². The highest BCUT2D eigenvalue weighted by Gasteiger charge is 2.47. The van der Waals surface area contributed by atoms with E-state index in [9.17, 15) is 22.8 Å². The molecule has 1 saturated heterocycles. The largest absolute Gasteiger partial charge is 0.401 e. The van der Waals surface area contributed by atoms with Crippen LogP contribution in [-0.4, -0.2) is 60.8 Å². The van der Waals surface area contributed by atoms with Gasteiger partial charge in [0.2, 0.25) is 0 Å². The number of nitrogens with zero attached hydrogens (tertiary/aromatic N) is 3. The second-order valence-electron chi connectivity index (χ2n) is 7.68. The van der Waals surface area contributed by atoms with Crippen molar-refractivity contribution in [2.45, 2.75) is 31.6 Å². The first-order valence-corrected chi connectivity index (χ1v) is 10.1. The predicted molar refractivity (Wildman–Crippen MR) is 115 cm³/mol. The fourth-order valence-corrected chi connectivity index (χ4v) is 4.28. The van der Waals surface area contributed by atoms with Gasteiger partial charge in [-0.25, -0.2) is 4.99 Å². The van der Waals surface area contributed by atoms with Crippen molar-refractivity contribution in [3.05, 3.63) is 38.5 Å². The molecule has 1 fully saturated rings. The minimum Gasteiger partial charge on any atom is -0.373 e. The van der Waals surface area contributed by atoms with E-state index in [0.717, 1.165) is 0 Å². The van der Waals surface area contributed by atoms with E-state index < -0.39 is 29.9 Å². The number of carbonyl (C=O) groups is 1. The molecule has 3 heterocycles. The number of fused-ring (bicyclic) bond motifs is 2. The molecule has 0 radical (unpaired) electrons. The van der Waals surface area contributed by atoms with Crippen LogP contribution in [0.4, 0.5) is 18.9 Å². The van der Waals surface area contributed by atoms with Gasteiger partial charge >= 0.3 is 6.18 Å². The van der Waals surface area contributed by atoms with Crippen LogP contribution in [0, 0.1) is 12.3 Å². The highest BCUT2D eigenvalue weighted by Crippen LogP contribution is 2.35. The molecule has 0 saturated carbocycles. The number of rotatable bonds is 5. The highest BCUT2D eigenvalue weighted by atomic mass is 35.5. The van der Waals surface area contributed by atoms with Crippen LogP contribution in [-0.2, 0) is 5.66 Å². The smallest absolute Gasteiger partial charge is 0.373 e. The van der Waals surface area contributed by atoms with Gasteiger partial charge in [0.25, 0.3) is 11.5 Å². The number of likely N-dealkylation sites (tertiary alicyclic amines) is 1. The topological polar surface area (TPSA) is 115 Å². The Morgan fingerprint density at radius 2 is 2.00 bits per heavy atom. The summed E-state index contributed by atoms with van der Waals surface area (Å²) in [6.45, 7) is 3.99. The maximum Gasteiger partial charge on any atom is 0.401 e. The molecule has 1 spiro atoms. The fourth-order valence-electron chi connectivity index (χ4n) is 4.08. The van der Waals surface area contributed by atoms with E-state index in [4.69, 9.17) is 17.0 Å². The lowest BCUT2D eigenvalue weighted by molar-refractivity contribution is -0.150. The van der Waals surface area contributed by atoms with Crippen molar-refractivity contribution >= 4 is 35.7 Å². The first-order valence-electron chi connectivity index (χ1n) is 9.71. The van der Waals surface area contributed by atoms with Gasteiger partial charge in [0.05, 0.1) is 6.54 Å². The second kappa shape index (κ2) is 8.58. The van der Waals surface area contributed by atoms with E-state index >= 15 is 0 Å². The maximum atomic E-state index is 13.4. The SMILES string of the molecule is C=NC(=N)C(Cl)=C(NC)Nc1cc(C)c2n(c1=O)C1(CCN(CC(F)(F)F)CC1)NC2=O. The summed E-state index contributed by atoms with van der Waals surface area (Å²) >= 11 is 6.11. The predicted octanol–water partition coefficient (Wildman–Crippen LogP) is 1.93.